The van der Waals surface area contributed by atoms with Crippen LogP contribution >= 0.6 is 15.9 Å². The third kappa shape index (κ3) is 3.10. The van der Waals surface area contributed by atoms with Crippen molar-refractivity contribution in [3.8, 4) is 0 Å². The molecule has 1 aromatic rings. The van der Waals surface area contributed by atoms with Gasteiger partial charge in [0.15, 0.2) is 0 Å². The zero-order chi connectivity index (χ0) is 11.3. The largest absolute Gasteiger partial charge is 0.398 e. The fraction of sp³-hybridized carbons (Fsp3) is 0.300. The van der Waals surface area contributed by atoms with E-state index in [9.17, 15) is 4.39 Å². The summed E-state index contributed by atoms with van der Waals surface area (Å²) in [5.74, 6) is -0.397. The van der Waals surface area contributed by atoms with Crippen LogP contribution in [0.4, 0.5) is 10.1 Å². The molecule has 0 heterocycles. The highest BCUT2D eigenvalue weighted by Crippen LogP contribution is 2.22. The molecule has 1 aromatic carbocycles. The molecule has 0 aliphatic carbocycles. The first kappa shape index (κ1) is 13.1. The quantitative estimate of drug-likeness (QED) is 0.589. The van der Waals surface area contributed by atoms with Gasteiger partial charge in [-0.3, -0.25) is 0 Å². The van der Waals surface area contributed by atoms with Crippen molar-refractivity contribution in [2.24, 2.45) is 0 Å². The van der Waals surface area contributed by atoms with Crippen molar-refractivity contribution in [1.29, 1.82) is 5.41 Å². The Morgan fingerprint density at radius 1 is 1.43 bits per heavy atom. The normalized spacial score (nSPS) is 8.93. The van der Waals surface area contributed by atoms with Crippen LogP contribution in [0.2, 0.25) is 0 Å². The number of nitrogen functional groups attached to an aromatic ring is 1. The minimum atomic E-state index is -0.397. The lowest BCUT2D eigenvalue weighted by atomic mass is 10.1. The number of benzene rings is 1. The lowest BCUT2D eigenvalue weighted by Gasteiger charge is -2.04. The summed E-state index contributed by atoms with van der Waals surface area (Å²) >= 11 is 3.00. The lowest BCUT2D eigenvalue weighted by molar-refractivity contribution is 0.621. The maximum atomic E-state index is 12.9. The zero-order valence-corrected chi connectivity index (χ0v) is 10.1. The van der Waals surface area contributed by atoms with E-state index in [4.69, 9.17) is 11.1 Å². The Labute approximate surface area is 92.0 Å². The topological polar surface area (TPSA) is 49.9 Å². The van der Waals surface area contributed by atoms with E-state index in [-0.39, 0.29) is 5.71 Å². The number of nitrogens with two attached hydrogens (primary N) is 1. The van der Waals surface area contributed by atoms with Gasteiger partial charge in [-0.15, -0.1) is 0 Å². The zero-order valence-electron chi connectivity index (χ0n) is 8.49. The number of anilines is 1. The van der Waals surface area contributed by atoms with Gasteiger partial charge in [0.1, 0.15) is 5.82 Å². The molecule has 2 nitrogen and oxygen atoms in total. The fourth-order valence-electron chi connectivity index (χ4n) is 0.887. The van der Waals surface area contributed by atoms with Gasteiger partial charge in [-0.25, -0.2) is 4.39 Å². The number of hydrogen-bond acceptors (Lipinski definition) is 2. The predicted molar refractivity (Wildman–Crippen MR) is 62.4 cm³/mol. The van der Waals surface area contributed by atoms with Crippen molar-refractivity contribution in [1.82, 2.24) is 0 Å². The molecule has 0 radical (unpaired) electrons. The van der Waals surface area contributed by atoms with Crippen molar-refractivity contribution in [2.45, 2.75) is 20.8 Å². The van der Waals surface area contributed by atoms with Gasteiger partial charge in [-0.05, 0) is 35.0 Å². The molecule has 0 aliphatic heterocycles. The predicted octanol–water partition coefficient (Wildman–Crippen LogP) is 3.58. The maximum Gasteiger partial charge on any atom is 0.138 e. The van der Waals surface area contributed by atoms with Crippen LogP contribution in [-0.2, 0) is 0 Å². The monoisotopic (exact) mass is 260 g/mol. The average molecular weight is 261 g/mol. The van der Waals surface area contributed by atoms with Crippen LogP contribution in [-0.4, -0.2) is 5.71 Å². The third-order valence-electron chi connectivity index (χ3n) is 1.50. The van der Waals surface area contributed by atoms with Crippen LogP contribution in [0.1, 0.15) is 26.3 Å². The van der Waals surface area contributed by atoms with Crippen molar-refractivity contribution in [2.75, 3.05) is 5.73 Å². The first-order valence-corrected chi connectivity index (χ1v) is 5.11. The molecule has 0 aromatic heterocycles. The summed E-state index contributed by atoms with van der Waals surface area (Å²) in [4.78, 5) is 0. The molecule has 4 heteroatoms. The highest BCUT2D eigenvalue weighted by molar-refractivity contribution is 9.10. The molecule has 0 aliphatic rings. The Bertz CT molecular complexity index is 337. The van der Waals surface area contributed by atoms with Gasteiger partial charge < -0.3 is 11.1 Å². The van der Waals surface area contributed by atoms with Crippen LogP contribution in [0.3, 0.4) is 0 Å². The van der Waals surface area contributed by atoms with Crippen LogP contribution in [0.5, 0.6) is 0 Å². The second-order valence-electron chi connectivity index (χ2n) is 2.48. The Kier molecular flexibility index (Phi) is 5.38. The van der Waals surface area contributed by atoms with Gasteiger partial charge in [0.2, 0.25) is 0 Å². The van der Waals surface area contributed by atoms with Crippen molar-refractivity contribution < 1.29 is 4.39 Å². The molecule has 0 atom stereocenters. The minimum Gasteiger partial charge on any atom is -0.398 e. The van der Waals surface area contributed by atoms with Crippen LogP contribution < -0.4 is 5.73 Å². The maximum absolute atomic E-state index is 12.9. The summed E-state index contributed by atoms with van der Waals surface area (Å²) in [5, 5.41) is 7.28. The summed E-state index contributed by atoms with van der Waals surface area (Å²) in [6, 6.07) is 2.71. The van der Waals surface area contributed by atoms with Crippen LogP contribution in [0, 0.1) is 11.2 Å². The van der Waals surface area contributed by atoms with E-state index in [1.54, 1.807) is 6.92 Å². The molecule has 0 bridgehead atoms. The fourth-order valence-corrected chi connectivity index (χ4v) is 1.25. The molecule has 1 rings (SSSR count). The number of hydrogen-bond donors (Lipinski definition) is 2. The van der Waals surface area contributed by atoms with E-state index in [2.05, 4.69) is 15.9 Å². The smallest absolute Gasteiger partial charge is 0.138 e. The molecule has 0 saturated heterocycles. The van der Waals surface area contributed by atoms with Gasteiger partial charge in [-0.2, -0.15) is 0 Å². The molecular weight excluding hydrogens is 247 g/mol. The number of nitrogens with one attached hydrogen (secondary N) is 1. The second kappa shape index (κ2) is 5.75. The second-order valence-corrected chi connectivity index (χ2v) is 3.33. The first-order valence-electron chi connectivity index (χ1n) is 4.32. The van der Waals surface area contributed by atoms with Gasteiger partial charge >= 0.3 is 0 Å². The lowest BCUT2D eigenvalue weighted by Crippen LogP contribution is -2.00. The van der Waals surface area contributed by atoms with Gasteiger partial charge in [0, 0.05) is 17.0 Å². The molecule has 14 heavy (non-hydrogen) atoms. The Morgan fingerprint density at radius 2 is 1.93 bits per heavy atom. The molecule has 0 unspecified atom stereocenters. The first-order chi connectivity index (χ1) is 6.52. The van der Waals surface area contributed by atoms with E-state index in [1.807, 2.05) is 13.8 Å². The van der Waals surface area contributed by atoms with E-state index >= 15 is 0 Å². The van der Waals surface area contributed by atoms with E-state index in [0.29, 0.717) is 15.7 Å². The molecular formula is C10H14BrFN2. The minimum absolute atomic E-state index is 0.263. The molecule has 78 valence electrons. The van der Waals surface area contributed by atoms with Crippen molar-refractivity contribution >= 4 is 27.3 Å². The van der Waals surface area contributed by atoms with Gasteiger partial charge in [0.25, 0.3) is 0 Å². The highest BCUT2D eigenvalue weighted by atomic mass is 79.9. The summed E-state index contributed by atoms with van der Waals surface area (Å²) < 4.78 is 13.2. The molecule has 0 spiro atoms. The van der Waals surface area contributed by atoms with Gasteiger partial charge in [-0.1, -0.05) is 13.8 Å². The van der Waals surface area contributed by atoms with Gasteiger partial charge in [0.05, 0.1) is 4.47 Å². The summed E-state index contributed by atoms with van der Waals surface area (Å²) in [5.41, 5.74) is 6.67. The Hall–Kier alpha value is -0.900. The third-order valence-corrected chi connectivity index (χ3v) is 2.10. The highest BCUT2D eigenvalue weighted by Gasteiger charge is 2.06. The van der Waals surface area contributed by atoms with Crippen LogP contribution in [0.25, 0.3) is 0 Å². The average Bonchev–Trinajstić information content (AvgIpc) is 2.14. The van der Waals surface area contributed by atoms with Crippen molar-refractivity contribution in [3.05, 3.63) is 28.0 Å². The van der Waals surface area contributed by atoms with Crippen LogP contribution in [0.15, 0.2) is 16.6 Å². The van der Waals surface area contributed by atoms with E-state index in [1.165, 1.54) is 12.1 Å². The molecule has 0 saturated carbocycles. The Morgan fingerprint density at radius 3 is 2.36 bits per heavy atom. The molecule has 0 fully saturated rings. The van der Waals surface area contributed by atoms with E-state index < -0.39 is 5.82 Å². The summed E-state index contributed by atoms with van der Waals surface area (Å²) in [6.07, 6.45) is 0. The SMILES string of the molecule is CC.CC(=N)c1cc(F)c(Br)cc1N. The summed E-state index contributed by atoms with van der Waals surface area (Å²) in [6.45, 7) is 5.57. The van der Waals surface area contributed by atoms with E-state index in [0.717, 1.165) is 0 Å². The molecule has 3 N–H and O–H groups in total. The van der Waals surface area contributed by atoms with Crippen molar-refractivity contribution in [3.63, 3.8) is 0 Å². The number of halogens is 2. The molecule has 0 amide bonds. The Balaban J connectivity index is 0.000000791. The number of rotatable bonds is 1. The standard InChI is InChI=1S/C8H8BrFN2.C2H6/c1-4(11)5-2-7(10)6(9)3-8(5)12;1-2/h2-3,11H,12H2,1H3;1-2H3. The summed E-state index contributed by atoms with van der Waals surface area (Å²) in [7, 11) is 0.